The molecule has 24 heavy (non-hydrogen) atoms. The van der Waals surface area contributed by atoms with Crippen molar-refractivity contribution in [3.8, 4) is 11.5 Å². The lowest BCUT2D eigenvalue weighted by Crippen LogP contribution is -2.21. The largest absolute Gasteiger partial charge is 0.454 e. The number of hydrazine groups is 1. The number of aromatic nitrogens is 2. The second-order valence-corrected chi connectivity index (χ2v) is 5.61. The lowest BCUT2D eigenvalue weighted by atomic mass is 10.2. The summed E-state index contributed by atoms with van der Waals surface area (Å²) in [6, 6.07) is 13.5. The lowest BCUT2D eigenvalue weighted by Gasteiger charge is -2.16. The molecule has 7 heteroatoms. The molecule has 3 aromatic rings. The quantitative estimate of drug-likeness (QED) is 0.715. The predicted octanol–water partition coefficient (Wildman–Crippen LogP) is 2.99. The van der Waals surface area contributed by atoms with Gasteiger partial charge in [-0.15, -0.1) is 0 Å². The van der Waals surface area contributed by atoms with Crippen LogP contribution < -0.4 is 20.2 Å². The van der Waals surface area contributed by atoms with Gasteiger partial charge in [-0.25, -0.2) is 9.99 Å². The summed E-state index contributed by atoms with van der Waals surface area (Å²) < 4.78 is 10.7. The van der Waals surface area contributed by atoms with Crippen LogP contribution in [0, 0.1) is 0 Å². The fourth-order valence-corrected chi connectivity index (χ4v) is 2.53. The number of anilines is 3. The summed E-state index contributed by atoms with van der Waals surface area (Å²) in [6.07, 6.45) is 0. The van der Waals surface area contributed by atoms with E-state index in [0.717, 1.165) is 28.2 Å². The maximum absolute atomic E-state index is 5.40. The van der Waals surface area contributed by atoms with Gasteiger partial charge in [0, 0.05) is 31.2 Å². The Kier molecular flexibility index (Phi) is 3.55. The molecule has 7 nitrogen and oxygen atoms in total. The van der Waals surface area contributed by atoms with Crippen LogP contribution in [0.25, 0.3) is 10.9 Å². The Labute approximate surface area is 139 Å². The molecule has 2 heterocycles. The molecule has 0 saturated carbocycles. The second kappa shape index (κ2) is 5.86. The maximum atomic E-state index is 5.40. The van der Waals surface area contributed by atoms with Gasteiger partial charge in [-0.2, -0.15) is 4.98 Å². The highest BCUT2D eigenvalue weighted by molar-refractivity contribution is 5.90. The molecule has 1 aliphatic rings. The van der Waals surface area contributed by atoms with Crippen molar-refractivity contribution in [3.05, 3.63) is 42.5 Å². The predicted molar refractivity (Wildman–Crippen MR) is 92.7 cm³/mol. The highest BCUT2D eigenvalue weighted by Gasteiger charge is 2.14. The Morgan fingerprint density at radius 3 is 2.71 bits per heavy atom. The Morgan fingerprint density at radius 2 is 1.83 bits per heavy atom. The topological polar surface area (TPSA) is 71.5 Å². The number of nitrogens with one attached hydrogen (secondary N) is 2. The van der Waals surface area contributed by atoms with Gasteiger partial charge in [0.1, 0.15) is 0 Å². The van der Waals surface area contributed by atoms with E-state index in [1.54, 1.807) is 0 Å². The van der Waals surface area contributed by atoms with Crippen molar-refractivity contribution in [1.29, 1.82) is 0 Å². The third kappa shape index (κ3) is 2.77. The van der Waals surface area contributed by atoms with Crippen molar-refractivity contribution in [2.45, 2.75) is 0 Å². The van der Waals surface area contributed by atoms with Crippen molar-refractivity contribution in [3.63, 3.8) is 0 Å². The van der Waals surface area contributed by atoms with Gasteiger partial charge in [0.05, 0.1) is 5.52 Å². The molecule has 0 atom stereocenters. The van der Waals surface area contributed by atoms with Gasteiger partial charge in [0.25, 0.3) is 0 Å². The second-order valence-electron chi connectivity index (χ2n) is 5.61. The molecule has 0 amide bonds. The Bertz CT molecular complexity index is 897. The minimum atomic E-state index is 0.252. The molecule has 0 radical (unpaired) electrons. The van der Waals surface area contributed by atoms with Crippen LogP contribution in [-0.2, 0) is 0 Å². The van der Waals surface area contributed by atoms with Gasteiger partial charge >= 0.3 is 0 Å². The summed E-state index contributed by atoms with van der Waals surface area (Å²) in [6.45, 7) is 0.252. The molecule has 122 valence electrons. The number of benzene rings is 2. The number of hydrogen-bond donors (Lipinski definition) is 2. The number of ether oxygens (including phenoxy) is 2. The molecule has 0 aliphatic carbocycles. The van der Waals surface area contributed by atoms with E-state index in [2.05, 4.69) is 20.7 Å². The van der Waals surface area contributed by atoms with Gasteiger partial charge in [-0.1, -0.05) is 12.1 Å². The van der Waals surface area contributed by atoms with Crippen LogP contribution in [0.1, 0.15) is 0 Å². The molecule has 0 unspecified atom stereocenters. The van der Waals surface area contributed by atoms with E-state index in [-0.39, 0.29) is 6.79 Å². The highest BCUT2D eigenvalue weighted by atomic mass is 16.7. The minimum Gasteiger partial charge on any atom is -0.454 e. The van der Waals surface area contributed by atoms with Crippen molar-refractivity contribution < 1.29 is 9.47 Å². The first-order valence-electron chi connectivity index (χ1n) is 7.56. The van der Waals surface area contributed by atoms with Crippen LogP contribution in [0.3, 0.4) is 0 Å². The van der Waals surface area contributed by atoms with E-state index in [1.807, 2.05) is 61.6 Å². The number of nitrogens with zero attached hydrogens (tertiary/aromatic N) is 3. The molecule has 1 aliphatic heterocycles. The Morgan fingerprint density at radius 1 is 1.00 bits per heavy atom. The summed E-state index contributed by atoms with van der Waals surface area (Å²) in [7, 11) is 3.84. The zero-order valence-corrected chi connectivity index (χ0v) is 13.4. The average molecular weight is 323 g/mol. The summed E-state index contributed by atoms with van der Waals surface area (Å²) in [5.41, 5.74) is 4.91. The number of rotatable bonds is 4. The van der Waals surface area contributed by atoms with Crippen LogP contribution in [0.2, 0.25) is 0 Å². The Hall–Kier alpha value is -3.06. The molecular formula is C17H17N5O2. The smallest absolute Gasteiger partial charge is 0.231 e. The van der Waals surface area contributed by atoms with E-state index in [1.165, 1.54) is 0 Å². The fraction of sp³-hybridized carbons (Fsp3) is 0.176. The summed E-state index contributed by atoms with van der Waals surface area (Å²) >= 11 is 0. The van der Waals surface area contributed by atoms with Gasteiger partial charge in [-0.3, -0.25) is 0 Å². The maximum Gasteiger partial charge on any atom is 0.231 e. The van der Waals surface area contributed by atoms with Crippen molar-refractivity contribution in [1.82, 2.24) is 15.0 Å². The van der Waals surface area contributed by atoms with E-state index < -0.39 is 0 Å². The summed E-state index contributed by atoms with van der Waals surface area (Å²) in [5.74, 6) is 2.72. The third-order valence-electron chi connectivity index (χ3n) is 3.56. The lowest BCUT2D eigenvalue weighted by molar-refractivity contribution is 0.174. The van der Waals surface area contributed by atoms with Gasteiger partial charge in [0.2, 0.25) is 12.7 Å². The van der Waals surface area contributed by atoms with E-state index >= 15 is 0 Å². The van der Waals surface area contributed by atoms with Gasteiger partial charge in [0.15, 0.2) is 17.3 Å². The molecule has 1 aromatic heterocycles. The van der Waals surface area contributed by atoms with Crippen LogP contribution >= 0.6 is 0 Å². The first-order chi connectivity index (χ1) is 11.7. The molecule has 4 rings (SSSR count). The van der Waals surface area contributed by atoms with Crippen LogP contribution in [0.5, 0.6) is 11.5 Å². The van der Waals surface area contributed by atoms with Crippen LogP contribution in [0.15, 0.2) is 42.5 Å². The molecule has 0 fully saturated rings. The minimum absolute atomic E-state index is 0.252. The van der Waals surface area contributed by atoms with E-state index in [0.29, 0.717) is 11.7 Å². The third-order valence-corrected chi connectivity index (χ3v) is 3.56. The standard InChI is InChI=1S/C17H17N5O2/c1-22(2)21-16-12-5-3-4-6-13(12)19-17(20-16)18-11-7-8-14-15(9-11)24-10-23-14/h3-9H,10H2,1-2H3,(H2,18,19,20,21). The molecule has 2 aromatic carbocycles. The number of hydrogen-bond acceptors (Lipinski definition) is 7. The van der Waals surface area contributed by atoms with Crippen molar-refractivity contribution in [2.75, 3.05) is 31.6 Å². The number of para-hydroxylation sites is 1. The average Bonchev–Trinajstić information content (AvgIpc) is 3.02. The van der Waals surface area contributed by atoms with Gasteiger partial charge in [-0.05, 0) is 24.3 Å². The van der Waals surface area contributed by atoms with Gasteiger partial charge < -0.3 is 20.2 Å². The first kappa shape index (κ1) is 14.5. The first-order valence-corrected chi connectivity index (χ1v) is 7.56. The SMILES string of the molecule is CN(C)Nc1nc(Nc2ccc3c(c2)OCO3)nc2ccccc12. The van der Waals surface area contributed by atoms with E-state index in [9.17, 15) is 0 Å². The highest BCUT2D eigenvalue weighted by Crippen LogP contribution is 2.35. The van der Waals surface area contributed by atoms with Crippen LogP contribution in [0.4, 0.5) is 17.5 Å². The van der Waals surface area contributed by atoms with Crippen molar-refractivity contribution in [2.24, 2.45) is 0 Å². The molecule has 0 bridgehead atoms. The molecule has 2 N–H and O–H groups in total. The van der Waals surface area contributed by atoms with E-state index in [4.69, 9.17) is 9.47 Å². The monoisotopic (exact) mass is 323 g/mol. The normalized spacial score (nSPS) is 12.6. The molecule has 0 spiro atoms. The Balaban J connectivity index is 1.71. The summed E-state index contributed by atoms with van der Waals surface area (Å²) in [4.78, 5) is 9.16. The fourth-order valence-electron chi connectivity index (χ4n) is 2.53. The molecular weight excluding hydrogens is 306 g/mol. The van der Waals surface area contributed by atoms with Crippen molar-refractivity contribution >= 4 is 28.4 Å². The molecule has 0 saturated heterocycles. The zero-order valence-electron chi connectivity index (χ0n) is 13.4. The summed E-state index contributed by atoms with van der Waals surface area (Å²) in [5, 5.41) is 6.03. The zero-order chi connectivity index (χ0) is 16.5. The number of fused-ring (bicyclic) bond motifs is 2. The van der Waals surface area contributed by atoms with Crippen LogP contribution in [-0.4, -0.2) is 35.9 Å².